The summed E-state index contributed by atoms with van der Waals surface area (Å²) in [6.45, 7) is 2.10. The number of hydrogen-bond donors (Lipinski definition) is 0. The Hall–Kier alpha value is -0.350. The van der Waals surface area contributed by atoms with Crippen LogP contribution in [0.2, 0.25) is 0 Å². The highest BCUT2D eigenvalue weighted by atomic mass is 79.9. The Morgan fingerprint density at radius 3 is 2.71 bits per heavy atom. The Labute approximate surface area is 111 Å². The lowest BCUT2D eigenvalue weighted by molar-refractivity contribution is 0.563. The van der Waals surface area contributed by atoms with Gasteiger partial charge in [0.05, 0.1) is 11.5 Å². The fourth-order valence-electron chi connectivity index (χ4n) is 2.32. The molecule has 1 aromatic rings. The number of sulfone groups is 1. The van der Waals surface area contributed by atoms with Crippen molar-refractivity contribution < 1.29 is 8.42 Å². The van der Waals surface area contributed by atoms with Gasteiger partial charge in [0.15, 0.2) is 9.84 Å². The first-order valence-corrected chi connectivity index (χ1v) is 8.60. The van der Waals surface area contributed by atoms with Crippen molar-refractivity contribution in [3.05, 3.63) is 35.4 Å². The van der Waals surface area contributed by atoms with Gasteiger partial charge in [-0.2, -0.15) is 0 Å². The lowest BCUT2D eigenvalue weighted by Crippen LogP contribution is -2.18. The summed E-state index contributed by atoms with van der Waals surface area (Å²) in [6.07, 6.45) is 1.71. The highest BCUT2D eigenvalue weighted by Gasteiger charge is 2.32. The van der Waals surface area contributed by atoms with E-state index in [9.17, 15) is 8.42 Å². The summed E-state index contributed by atoms with van der Waals surface area (Å²) < 4.78 is 22.9. The van der Waals surface area contributed by atoms with Gasteiger partial charge in [-0.15, -0.1) is 0 Å². The van der Waals surface area contributed by atoms with E-state index in [0.29, 0.717) is 11.5 Å². The van der Waals surface area contributed by atoms with Gasteiger partial charge < -0.3 is 0 Å². The van der Waals surface area contributed by atoms with Crippen molar-refractivity contribution in [2.24, 2.45) is 5.92 Å². The van der Waals surface area contributed by atoms with E-state index in [1.807, 2.05) is 12.1 Å². The van der Waals surface area contributed by atoms with Crippen LogP contribution in [0.5, 0.6) is 0 Å². The Bertz CT molecular complexity index is 496. The third-order valence-corrected chi connectivity index (χ3v) is 6.32. The molecule has 94 valence electrons. The van der Waals surface area contributed by atoms with Gasteiger partial charge in [0.2, 0.25) is 0 Å². The van der Waals surface area contributed by atoms with Crippen LogP contribution in [0, 0.1) is 12.8 Å². The molecule has 1 fully saturated rings. The standard InChI is InChI=1S/C13H17BrO2S/c1-10-4-2-3-5-11(10)8-13(14)12-6-7-17(15,16)9-12/h2-5,12-13H,6-9H2,1H3. The topological polar surface area (TPSA) is 34.1 Å². The molecule has 17 heavy (non-hydrogen) atoms. The Kier molecular flexibility index (Phi) is 3.93. The largest absolute Gasteiger partial charge is 0.229 e. The van der Waals surface area contributed by atoms with Gasteiger partial charge in [-0.1, -0.05) is 40.2 Å². The molecule has 1 aromatic carbocycles. The average Bonchev–Trinajstić information content (AvgIpc) is 2.62. The fourth-order valence-corrected chi connectivity index (χ4v) is 5.25. The van der Waals surface area contributed by atoms with Crippen LogP contribution >= 0.6 is 15.9 Å². The molecule has 1 saturated heterocycles. The average molecular weight is 317 g/mol. The van der Waals surface area contributed by atoms with Crippen LogP contribution < -0.4 is 0 Å². The van der Waals surface area contributed by atoms with Crippen molar-refractivity contribution in [3.8, 4) is 0 Å². The molecule has 0 radical (unpaired) electrons. The molecule has 0 bridgehead atoms. The summed E-state index contributed by atoms with van der Waals surface area (Å²) in [5, 5.41) is 0. The van der Waals surface area contributed by atoms with E-state index in [0.717, 1.165) is 12.8 Å². The van der Waals surface area contributed by atoms with Crippen molar-refractivity contribution in [2.75, 3.05) is 11.5 Å². The monoisotopic (exact) mass is 316 g/mol. The molecule has 2 rings (SSSR count). The molecule has 0 spiro atoms. The van der Waals surface area contributed by atoms with E-state index in [1.54, 1.807) is 0 Å². The fraction of sp³-hybridized carbons (Fsp3) is 0.538. The Balaban J connectivity index is 2.03. The highest BCUT2D eigenvalue weighted by molar-refractivity contribution is 9.09. The molecule has 0 aliphatic carbocycles. The minimum Gasteiger partial charge on any atom is -0.229 e. The number of aryl methyl sites for hydroxylation is 1. The highest BCUT2D eigenvalue weighted by Crippen LogP contribution is 2.29. The van der Waals surface area contributed by atoms with E-state index in [1.165, 1.54) is 11.1 Å². The Morgan fingerprint density at radius 2 is 2.12 bits per heavy atom. The molecule has 2 unspecified atom stereocenters. The minimum atomic E-state index is -2.77. The van der Waals surface area contributed by atoms with Crippen LogP contribution in [0.4, 0.5) is 0 Å². The molecular weight excluding hydrogens is 300 g/mol. The molecule has 1 aliphatic heterocycles. The molecule has 2 nitrogen and oxygen atoms in total. The van der Waals surface area contributed by atoms with Gasteiger partial charge in [-0.05, 0) is 36.8 Å². The Morgan fingerprint density at radius 1 is 1.41 bits per heavy atom. The number of benzene rings is 1. The third kappa shape index (κ3) is 3.32. The van der Waals surface area contributed by atoms with Crippen molar-refractivity contribution in [1.29, 1.82) is 0 Å². The van der Waals surface area contributed by atoms with E-state index < -0.39 is 9.84 Å². The number of halogens is 1. The molecule has 0 aromatic heterocycles. The zero-order valence-corrected chi connectivity index (χ0v) is 12.3. The third-order valence-electron chi connectivity index (χ3n) is 3.46. The van der Waals surface area contributed by atoms with E-state index in [2.05, 4.69) is 35.0 Å². The SMILES string of the molecule is Cc1ccccc1CC(Br)C1CCS(=O)(=O)C1. The number of rotatable bonds is 3. The summed E-state index contributed by atoms with van der Waals surface area (Å²) in [7, 11) is -2.77. The second-order valence-electron chi connectivity index (χ2n) is 4.81. The van der Waals surface area contributed by atoms with E-state index in [4.69, 9.17) is 0 Å². The predicted octanol–water partition coefficient (Wildman–Crippen LogP) is 2.74. The summed E-state index contributed by atoms with van der Waals surface area (Å²) in [5.41, 5.74) is 2.58. The van der Waals surface area contributed by atoms with Gasteiger partial charge in [0.1, 0.15) is 0 Å². The van der Waals surface area contributed by atoms with E-state index in [-0.39, 0.29) is 10.7 Å². The van der Waals surface area contributed by atoms with Crippen LogP contribution in [-0.2, 0) is 16.3 Å². The van der Waals surface area contributed by atoms with Crippen LogP contribution in [0.3, 0.4) is 0 Å². The molecule has 4 heteroatoms. The molecule has 2 atom stereocenters. The number of alkyl halides is 1. The van der Waals surface area contributed by atoms with Crippen molar-refractivity contribution in [1.82, 2.24) is 0 Å². The molecule has 0 N–H and O–H groups in total. The normalized spacial score (nSPS) is 24.7. The van der Waals surface area contributed by atoms with Gasteiger partial charge in [0.25, 0.3) is 0 Å². The lowest BCUT2D eigenvalue weighted by Gasteiger charge is -2.17. The first-order valence-electron chi connectivity index (χ1n) is 5.87. The first-order chi connectivity index (χ1) is 7.98. The van der Waals surface area contributed by atoms with Gasteiger partial charge >= 0.3 is 0 Å². The molecular formula is C13H17BrO2S. The van der Waals surface area contributed by atoms with Gasteiger partial charge in [-0.25, -0.2) is 8.42 Å². The maximum absolute atomic E-state index is 11.4. The predicted molar refractivity (Wildman–Crippen MR) is 74.4 cm³/mol. The van der Waals surface area contributed by atoms with Crippen LogP contribution in [0.1, 0.15) is 17.5 Å². The van der Waals surface area contributed by atoms with Crippen LogP contribution in [0.25, 0.3) is 0 Å². The summed E-state index contributed by atoms with van der Waals surface area (Å²) in [4.78, 5) is 0.265. The summed E-state index contributed by atoms with van der Waals surface area (Å²) >= 11 is 3.66. The second kappa shape index (κ2) is 5.11. The zero-order valence-electron chi connectivity index (χ0n) is 9.90. The molecule has 1 heterocycles. The maximum Gasteiger partial charge on any atom is 0.150 e. The van der Waals surface area contributed by atoms with E-state index >= 15 is 0 Å². The lowest BCUT2D eigenvalue weighted by atomic mass is 9.96. The van der Waals surface area contributed by atoms with Crippen molar-refractivity contribution in [3.63, 3.8) is 0 Å². The maximum atomic E-state index is 11.4. The van der Waals surface area contributed by atoms with Crippen LogP contribution in [0.15, 0.2) is 24.3 Å². The first kappa shape index (κ1) is 13.1. The quantitative estimate of drug-likeness (QED) is 0.803. The van der Waals surface area contributed by atoms with Crippen molar-refractivity contribution in [2.45, 2.75) is 24.6 Å². The summed E-state index contributed by atoms with van der Waals surface area (Å²) in [5.74, 6) is 0.960. The molecule has 1 aliphatic rings. The molecule has 0 amide bonds. The minimum absolute atomic E-state index is 0.264. The van der Waals surface area contributed by atoms with Gasteiger partial charge in [0, 0.05) is 4.83 Å². The summed E-state index contributed by atoms with van der Waals surface area (Å²) in [6, 6.07) is 8.28. The smallest absolute Gasteiger partial charge is 0.150 e. The van der Waals surface area contributed by atoms with Crippen LogP contribution in [-0.4, -0.2) is 24.8 Å². The number of hydrogen-bond acceptors (Lipinski definition) is 2. The molecule has 0 saturated carbocycles. The second-order valence-corrected chi connectivity index (χ2v) is 8.21. The zero-order chi connectivity index (χ0) is 12.5. The van der Waals surface area contributed by atoms with Gasteiger partial charge in [-0.3, -0.25) is 0 Å². The van der Waals surface area contributed by atoms with Crippen molar-refractivity contribution >= 4 is 25.8 Å².